The quantitative estimate of drug-likeness (QED) is 0.0371. The first kappa shape index (κ1) is 53.9. The number of rotatable bonds is 27. The molecule has 0 aromatic heterocycles. The highest BCUT2D eigenvalue weighted by atomic mass is 28.4. The first-order valence-electron chi connectivity index (χ1n) is 20.8. The molecule has 0 aromatic rings. The van der Waals surface area contributed by atoms with Crippen LogP contribution in [0.25, 0.3) is 0 Å². The van der Waals surface area contributed by atoms with Gasteiger partial charge in [0.2, 0.25) is 5.79 Å². The molecule has 0 spiro atoms. The summed E-state index contributed by atoms with van der Waals surface area (Å²) in [7, 11) is 2.89. The highest BCUT2D eigenvalue weighted by Crippen LogP contribution is 2.49. The number of aliphatic hydroxyl groups excluding tert-OH is 1. The van der Waals surface area contributed by atoms with Gasteiger partial charge in [-0.25, -0.2) is 4.79 Å². The van der Waals surface area contributed by atoms with Gasteiger partial charge in [-0.1, -0.05) is 68.4 Å². The highest BCUT2D eigenvalue weighted by molar-refractivity contribution is 6.74. The molecule has 336 valence electrons. The molecule has 1 saturated heterocycles. The second-order valence-electron chi connectivity index (χ2n) is 17.8. The lowest BCUT2D eigenvalue weighted by atomic mass is 9.70. The van der Waals surface area contributed by atoms with Gasteiger partial charge in [-0.3, -0.25) is 4.79 Å². The first-order chi connectivity index (χ1) is 26.5. The maximum atomic E-state index is 13.6. The van der Waals surface area contributed by atoms with Crippen LogP contribution in [0.5, 0.6) is 0 Å². The Labute approximate surface area is 347 Å². The van der Waals surface area contributed by atoms with E-state index in [-0.39, 0.29) is 42.8 Å². The van der Waals surface area contributed by atoms with Crippen molar-refractivity contribution in [1.29, 1.82) is 0 Å². The van der Waals surface area contributed by atoms with Crippen molar-refractivity contribution in [1.82, 2.24) is 0 Å². The molecule has 9 atom stereocenters. The number of carbonyl (C=O) groups excluding carboxylic acids is 2. The molecule has 0 aromatic carbocycles. The zero-order valence-electron chi connectivity index (χ0n) is 38.7. The number of carbonyl (C=O) groups is 2. The minimum Gasteiger partial charge on any atom is -0.467 e. The van der Waals surface area contributed by atoms with Gasteiger partial charge >= 0.3 is 5.97 Å². The monoisotopic (exact) mass is 851 g/mol. The number of methoxy groups -OCH3 is 5. The standard InChI is InChI=1S/C42H82O13Si2/c1-18-30(27-53-56(16,17)40(6,7)8)22-29(5)33(43)23-31(48-12)26-36(44)41(9,10)42(46)38(55-57(19-2,20-3)21-4)35(50-14)25-32(54-42)24-34(49-13)37(39(45)51-15)52-28-47-11/h22,30-32,34-38,44,46H,18-21,23-28H2,1-17H3/b29-22-/t30?,31?,32-,34+,35+,36-,37-,38+,42?/m0/s1. The molecule has 1 heterocycles. The molecular weight excluding hydrogens is 769 g/mol. The molecule has 0 aliphatic carbocycles. The molecule has 2 N–H and O–H groups in total. The van der Waals surface area contributed by atoms with Crippen molar-refractivity contribution >= 4 is 28.4 Å². The molecule has 0 radical (unpaired) electrons. The molecule has 1 aliphatic heterocycles. The maximum absolute atomic E-state index is 13.6. The fourth-order valence-electron chi connectivity index (χ4n) is 7.17. The third-order valence-corrected chi connectivity index (χ3v) is 22.1. The third kappa shape index (κ3) is 14.2. The van der Waals surface area contributed by atoms with Gasteiger partial charge in [0.25, 0.3) is 0 Å². The van der Waals surface area contributed by atoms with Gasteiger partial charge in [0.05, 0.1) is 37.6 Å². The lowest BCUT2D eigenvalue weighted by Gasteiger charge is -2.56. The second kappa shape index (κ2) is 23.8. The number of ether oxygens (including phenoxy) is 7. The Morgan fingerprint density at radius 1 is 0.965 bits per heavy atom. The van der Waals surface area contributed by atoms with Crippen molar-refractivity contribution in [3.05, 3.63) is 11.6 Å². The topological polar surface area (TPSA) is 158 Å². The maximum Gasteiger partial charge on any atom is 0.337 e. The second-order valence-corrected chi connectivity index (χ2v) is 27.3. The van der Waals surface area contributed by atoms with Gasteiger partial charge < -0.3 is 52.2 Å². The number of hydrogen-bond donors (Lipinski definition) is 2. The summed E-state index contributed by atoms with van der Waals surface area (Å²) in [5.74, 6) is -2.75. The number of esters is 1. The van der Waals surface area contributed by atoms with Crippen LogP contribution in [0.3, 0.4) is 0 Å². The molecule has 13 nitrogen and oxygen atoms in total. The zero-order valence-corrected chi connectivity index (χ0v) is 40.7. The summed E-state index contributed by atoms with van der Waals surface area (Å²) in [6.07, 6.45) is -2.89. The fourth-order valence-corrected chi connectivity index (χ4v) is 11.1. The van der Waals surface area contributed by atoms with E-state index >= 15 is 0 Å². The molecule has 1 rings (SSSR count). The van der Waals surface area contributed by atoms with Crippen LogP contribution >= 0.6 is 0 Å². The molecule has 57 heavy (non-hydrogen) atoms. The summed E-state index contributed by atoms with van der Waals surface area (Å²) in [5.41, 5.74) is -0.768. The summed E-state index contributed by atoms with van der Waals surface area (Å²) in [4.78, 5) is 26.4. The summed E-state index contributed by atoms with van der Waals surface area (Å²) >= 11 is 0. The molecular formula is C42H82O13Si2. The van der Waals surface area contributed by atoms with E-state index in [9.17, 15) is 19.8 Å². The van der Waals surface area contributed by atoms with Gasteiger partial charge in [0.1, 0.15) is 12.9 Å². The number of ketones is 1. The van der Waals surface area contributed by atoms with E-state index in [2.05, 4.69) is 61.6 Å². The summed E-state index contributed by atoms with van der Waals surface area (Å²) in [5, 5.41) is 25.3. The average molecular weight is 851 g/mol. The van der Waals surface area contributed by atoms with Gasteiger partial charge in [-0.05, 0) is 61.1 Å². The third-order valence-electron chi connectivity index (χ3n) is 13.0. The van der Waals surface area contributed by atoms with E-state index in [1.54, 1.807) is 21.0 Å². The molecule has 3 unspecified atom stereocenters. The van der Waals surface area contributed by atoms with Crippen molar-refractivity contribution in [3.63, 3.8) is 0 Å². The van der Waals surface area contributed by atoms with Crippen molar-refractivity contribution in [2.24, 2.45) is 11.3 Å². The van der Waals surface area contributed by atoms with Crippen molar-refractivity contribution in [2.75, 3.05) is 48.9 Å². The van der Waals surface area contributed by atoms with Crippen LogP contribution in [-0.4, -0.2) is 136 Å². The molecule has 1 fully saturated rings. The minimum absolute atomic E-state index is 0.0305. The number of allylic oxidation sites excluding steroid dienone is 1. The number of hydrogen-bond acceptors (Lipinski definition) is 13. The van der Waals surface area contributed by atoms with Crippen molar-refractivity contribution in [3.8, 4) is 0 Å². The van der Waals surface area contributed by atoms with Gasteiger partial charge in [-0.2, -0.15) is 0 Å². The fraction of sp³-hybridized carbons (Fsp3) is 0.905. The molecule has 0 saturated carbocycles. The van der Waals surface area contributed by atoms with Crippen LogP contribution < -0.4 is 0 Å². The molecule has 0 amide bonds. The Bertz CT molecular complexity index is 1230. The van der Waals surface area contributed by atoms with Gasteiger partial charge in [-0.15, -0.1) is 0 Å². The Kier molecular flexibility index (Phi) is 22.5. The van der Waals surface area contributed by atoms with E-state index in [1.807, 2.05) is 13.0 Å². The van der Waals surface area contributed by atoms with Crippen LogP contribution in [0.15, 0.2) is 11.6 Å². The zero-order chi connectivity index (χ0) is 44.0. The van der Waals surface area contributed by atoms with Crippen LogP contribution in [-0.2, 0) is 51.6 Å². The van der Waals surface area contributed by atoms with Crippen LogP contribution in [0.2, 0.25) is 36.3 Å². The predicted molar refractivity (Wildman–Crippen MR) is 227 cm³/mol. The Morgan fingerprint density at radius 3 is 2.02 bits per heavy atom. The average Bonchev–Trinajstić information content (AvgIpc) is 3.17. The molecule has 0 bridgehead atoms. The van der Waals surface area contributed by atoms with Crippen molar-refractivity contribution < 1.29 is 61.8 Å². The van der Waals surface area contributed by atoms with E-state index in [0.29, 0.717) is 18.6 Å². The van der Waals surface area contributed by atoms with Gasteiger partial charge in [0.15, 0.2) is 28.5 Å². The largest absolute Gasteiger partial charge is 0.467 e. The summed E-state index contributed by atoms with van der Waals surface area (Å²) in [6.45, 7) is 25.1. The molecule has 15 heteroatoms. The number of aliphatic hydroxyl groups is 2. The van der Waals surface area contributed by atoms with E-state index in [4.69, 9.17) is 42.0 Å². The van der Waals surface area contributed by atoms with Crippen LogP contribution in [0.4, 0.5) is 0 Å². The SMILES string of the molecule is CCC(/C=C(/C)C(=O)CC(C[C@H](O)C(C)(C)C1(O)O[C@@H](C[C@@H](OC)[C@H](OCOC)C(=O)OC)C[C@@H](OC)[C@H]1O[Si](CC)(CC)CC)OC)CO[Si](C)(C)C(C)(C)C. The highest BCUT2D eigenvalue weighted by Gasteiger charge is 2.62. The Hall–Kier alpha value is -1.09. The van der Waals surface area contributed by atoms with Crippen molar-refractivity contribution in [2.45, 2.75) is 186 Å². The normalized spacial score (nSPS) is 24.1. The van der Waals surface area contributed by atoms with E-state index in [1.165, 1.54) is 28.4 Å². The smallest absolute Gasteiger partial charge is 0.337 e. The molecule has 1 aliphatic rings. The summed E-state index contributed by atoms with van der Waals surface area (Å²) < 4.78 is 53.6. The van der Waals surface area contributed by atoms with E-state index < -0.39 is 76.5 Å². The predicted octanol–water partition coefficient (Wildman–Crippen LogP) is 7.18. The van der Waals surface area contributed by atoms with E-state index in [0.717, 1.165) is 24.6 Å². The Morgan fingerprint density at radius 2 is 1.56 bits per heavy atom. The Balaban J connectivity index is 3.53. The minimum atomic E-state index is -2.40. The lowest BCUT2D eigenvalue weighted by molar-refractivity contribution is -0.376. The van der Waals surface area contributed by atoms with Crippen LogP contribution in [0, 0.1) is 11.3 Å². The summed E-state index contributed by atoms with van der Waals surface area (Å²) in [6, 6.07) is 2.42. The van der Waals surface area contributed by atoms with Crippen LogP contribution in [0.1, 0.15) is 101 Å². The number of Topliss-reactive ketones (excluding diaryl/α,β-unsaturated/α-hetero) is 1. The van der Waals surface area contributed by atoms with Gasteiger partial charge in [0, 0.05) is 66.1 Å². The lowest BCUT2D eigenvalue weighted by Crippen LogP contribution is -2.70. The first-order valence-corrected chi connectivity index (χ1v) is 26.3.